The van der Waals surface area contributed by atoms with Crippen molar-refractivity contribution in [2.24, 2.45) is 11.8 Å². The maximum atomic E-state index is 13.6. The van der Waals surface area contributed by atoms with Gasteiger partial charge in [0.05, 0.1) is 11.1 Å². The molecule has 3 nitrogen and oxygen atoms in total. The van der Waals surface area contributed by atoms with Crippen LogP contribution in [0.15, 0.2) is 72.8 Å². The van der Waals surface area contributed by atoms with E-state index in [0.29, 0.717) is 42.9 Å². The van der Waals surface area contributed by atoms with Gasteiger partial charge in [-0.05, 0) is 54.2 Å². The average molecular weight is 577 g/mol. The Morgan fingerprint density at radius 1 is 0.878 bits per heavy atom. The first-order chi connectivity index (χ1) is 19.2. The van der Waals surface area contributed by atoms with Crippen LogP contribution in [-0.2, 0) is 18.9 Å². The second kappa shape index (κ2) is 12.3. The summed E-state index contributed by atoms with van der Waals surface area (Å²) in [5, 5.41) is 0. The summed E-state index contributed by atoms with van der Waals surface area (Å²) in [5.74, 6) is -0.571. The van der Waals surface area contributed by atoms with Gasteiger partial charge in [0, 0.05) is 44.2 Å². The van der Waals surface area contributed by atoms with E-state index in [2.05, 4.69) is 0 Å². The Balaban J connectivity index is 1.64. The highest BCUT2D eigenvalue weighted by molar-refractivity contribution is 5.94. The number of nitrogens with zero attached hydrogens (tertiary/aromatic N) is 2. The molecule has 1 aliphatic rings. The first kappa shape index (κ1) is 30.6. The van der Waals surface area contributed by atoms with E-state index < -0.39 is 23.5 Å². The number of benzene rings is 3. The van der Waals surface area contributed by atoms with Crippen molar-refractivity contribution < 1.29 is 31.1 Å². The van der Waals surface area contributed by atoms with Crippen LogP contribution in [0.2, 0.25) is 0 Å². The summed E-state index contributed by atoms with van der Waals surface area (Å²) in [4.78, 5) is 17.3. The van der Waals surface area contributed by atoms with Gasteiger partial charge in [0.25, 0.3) is 5.91 Å². The van der Waals surface area contributed by atoms with Gasteiger partial charge in [-0.15, -0.1) is 0 Å². The van der Waals surface area contributed by atoms with Crippen molar-refractivity contribution in [3.05, 3.63) is 106 Å². The minimum Gasteiger partial charge on any atom is -0.338 e. The Kier molecular flexibility index (Phi) is 9.16. The maximum Gasteiger partial charge on any atom is 0.416 e. The number of amides is 1. The zero-order valence-electron chi connectivity index (χ0n) is 23.3. The van der Waals surface area contributed by atoms with E-state index in [1.807, 2.05) is 37.8 Å². The number of likely N-dealkylation sites (tertiary alicyclic amines) is 1. The lowest BCUT2D eigenvalue weighted by atomic mass is 9.87. The summed E-state index contributed by atoms with van der Waals surface area (Å²) in [5.41, 5.74) is 1.03. The molecule has 0 N–H and O–H groups in total. The molecule has 3 aromatic rings. The van der Waals surface area contributed by atoms with Gasteiger partial charge in [0.2, 0.25) is 0 Å². The SMILES string of the molecule is Cc1ccc(C(=O)N(CC(C)C)C[C@@H]2CN(Cc3cccc(C(F)(F)F)c3)C[C@@H]2c2cccc(C(F)(F)F)c2)cc1. The lowest BCUT2D eigenvalue weighted by Gasteiger charge is -2.30. The van der Waals surface area contributed by atoms with Gasteiger partial charge in [-0.1, -0.05) is 67.9 Å². The number of hydrogen-bond donors (Lipinski definition) is 0. The van der Waals surface area contributed by atoms with Crippen molar-refractivity contribution in [3.8, 4) is 0 Å². The fraction of sp³-hybridized carbons (Fsp3) is 0.406. The van der Waals surface area contributed by atoms with Gasteiger partial charge in [0.15, 0.2) is 0 Å². The molecular formula is C32H34F6N2O. The second-order valence-corrected chi connectivity index (χ2v) is 11.4. The molecule has 2 atom stereocenters. The van der Waals surface area contributed by atoms with Crippen LogP contribution in [0.5, 0.6) is 0 Å². The summed E-state index contributed by atoms with van der Waals surface area (Å²) in [6.07, 6.45) is -8.98. The molecule has 41 heavy (non-hydrogen) atoms. The smallest absolute Gasteiger partial charge is 0.338 e. The highest BCUT2D eigenvalue weighted by atomic mass is 19.4. The molecule has 0 bridgehead atoms. The molecule has 9 heteroatoms. The van der Waals surface area contributed by atoms with Crippen molar-refractivity contribution in [3.63, 3.8) is 0 Å². The van der Waals surface area contributed by atoms with Gasteiger partial charge in [0.1, 0.15) is 0 Å². The largest absolute Gasteiger partial charge is 0.416 e. The number of aryl methyl sites for hydroxylation is 1. The number of carbonyl (C=O) groups excluding carboxylic acids is 1. The van der Waals surface area contributed by atoms with Gasteiger partial charge < -0.3 is 4.90 Å². The molecule has 1 heterocycles. The number of alkyl halides is 6. The highest BCUT2D eigenvalue weighted by Gasteiger charge is 2.38. The predicted octanol–water partition coefficient (Wildman–Crippen LogP) is 8.05. The molecular weight excluding hydrogens is 542 g/mol. The molecule has 4 rings (SSSR count). The standard InChI is InChI=1S/C32H34F6N2O/c1-21(2)16-40(30(41)24-12-10-22(3)11-13-24)19-26-18-39(17-23-6-4-8-27(14-23)31(33,34)35)20-29(26)25-7-5-9-28(15-25)32(36,37)38/h4-15,21,26,29H,16-20H2,1-3H3/t26-,29+/m0/s1. The minimum absolute atomic E-state index is 0.152. The summed E-state index contributed by atoms with van der Waals surface area (Å²) < 4.78 is 80.6. The summed E-state index contributed by atoms with van der Waals surface area (Å²) in [6, 6.07) is 17.6. The first-order valence-electron chi connectivity index (χ1n) is 13.6. The number of rotatable bonds is 8. The molecule has 220 valence electrons. The van der Waals surface area contributed by atoms with E-state index in [9.17, 15) is 31.1 Å². The fourth-order valence-electron chi connectivity index (χ4n) is 5.55. The number of hydrogen-bond acceptors (Lipinski definition) is 2. The third kappa shape index (κ3) is 7.91. The molecule has 3 aromatic carbocycles. The van der Waals surface area contributed by atoms with Crippen LogP contribution in [0, 0.1) is 18.8 Å². The van der Waals surface area contributed by atoms with Gasteiger partial charge in [-0.2, -0.15) is 26.3 Å². The second-order valence-electron chi connectivity index (χ2n) is 11.4. The van der Waals surface area contributed by atoms with Gasteiger partial charge in [-0.3, -0.25) is 9.69 Å². The van der Waals surface area contributed by atoms with Crippen molar-refractivity contribution in [2.75, 3.05) is 26.2 Å². The summed E-state index contributed by atoms with van der Waals surface area (Å²) in [7, 11) is 0. The van der Waals surface area contributed by atoms with Crippen LogP contribution < -0.4 is 0 Å². The lowest BCUT2D eigenvalue weighted by molar-refractivity contribution is -0.138. The van der Waals surface area contributed by atoms with Gasteiger partial charge >= 0.3 is 12.4 Å². The highest BCUT2D eigenvalue weighted by Crippen LogP contribution is 2.38. The maximum absolute atomic E-state index is 13.6. The Morgan fingerprint density at radius 2 is 1.49 bits per heavy atom. The van der Waals surface area contributed by atoms with Crippen molar-refractivity contribution >= 4 is 5.91 Å². The van der Waals surface area contributed by atoms with Crippen LogP contribution in [-0.4, -0.2) is 41.9 Å². The molecule has 0 unspecified atom stereocenters. The van der Waals surface area contributed by atoms with E-state index in [-0.39, 0.29) is 30.2 Å². The van der Waals surface area contributed by atoms with Crippen LogP contribution in [0.25, 0.3) is 0 Å². The van der Waals surface area contributed by atoms with Crippen LogP contribution in [0.3, 0.4) is 0 Å². The summed E-state index contributed by atoms with van der Waals surface area (Å²) in [6.45, 7) is 7.69. The Labute approximate surface area is 236 Å². The molecule has 1 aliphatic heterocycles. The quantitative estimate of drug-likeness (QED) is 0.254. The summed E-state index contributed by atoms with van der Waals surface area (Å²) >= 11 is 0. The van der Waals surface area contributed by atoms with Crippen molar-refractivity contribution in [1.82, 2.24) is 9.80 Å². The van der Waals surface area contributed by atoms with Gasteiger partial charge in [-0.25, -0.2) is 0 Å². The van der Waals surface area contributed by atoms with E-state index in [0.717, 1.165) is 29.8 Å². The molecule has 0 saturated carbocycles. The molecule has 1 amide bonds. The zero-order valence-corrected chi connectivity index (χ0v) is 23.3. The van der Waals surface area contributed by atoms with E-state index in [1.165, 1.54) is 12.1 Å². The predicted molar refractivity (Wildman–Crippen MR) is 146 cm³/mol. The minimum atomic E-state index is -4.51. The number of halogens is 6. The van der Waals surface area contributed by atoms with Crippen LogP contribution >= 0.6 is 0 Å². The molecule has 1 fully saturated rings. The molecule has 1 saturated heterocycles. The topological polar surface area (TPSA) is 23.6 Å². The molecule has 0 aromatic heterocycles. The number of carbonyl (C=O) groups is 1. The van der Waals surface area contributed by atoms with Crippen LogP contribution in [0.4, 0.5) is 26.3 Å². The first-order valence-corrected chi connectivity index (χ1v) is 13.6. The van der Waals surface area contributed by atoms with E-state index in [1.54, 1.807) is 29.2 Å². The lowest BCUT2D eigenvalue weighted by Crippen LogP contribution is -2.39. The van der Waals surface area contributed by atoms with E-state index >= 15 is 0 Å². The van der Waals surface area contributed by atoms with E-state index in [4.69, 9.17) is 0 Å². The Bertz CT molecular complexity index is 1330. The van der Waals surface area contributed by atoms with Crippen molar-refractivity contribution in [1.29, 1.82) is 0 Å². The molecule has 0 spiro atoms. The molecule has 0 radical (unpaired) electrons. The Morgan fingerprint density at radius 3 is 2.10 bits per heavy atom. The fourth-order valence-corrected chi connectivity index (χ4v) is 5.55. The normalized spacial score (nSPS) is 18.2. The van der Waals surface area contributed by atoms with Crippen LogP contribution in [0.1, 0.15) is 57.9 Å². The average Bonchev–Trinajstić information content (AvgIpc) is 3.29. The monoisotopic (exact) mass is 576 g/mol. The third-order valence-corrected chi connectivity index (χ3v) is 7.45. The Hall–Kier alpha value is -3.33. The van der Waals surface area contributed by atoms with Crippen molar-refractivity contribution in [2.45, 2.75) is 45.6 Å². The zero-order chi connectivity index (χ0) is 29.9. The third-order valence-electron chi connectivity index (χ3n) is 7.45. The molecule has 0 aliphatic carbocycles.